The van der Waals surface area contributed by atoms with E-state index in [1.165, 1.54) is 9.87 Å². The molecule has 0 aliphatic heterocycles. The van der Waals surface area contributed by atoms with Gasteiger partial charge in [-0.05, 0) is 48.6 Å². The van der Waals surface area contributed by atoms with E-state index >= 15 is 0 Å². The van der Waals surface area contributed by atoms with Gasteiger partial charge in [-0.1, -0.05) is 42.5 Å². The van der Waals surface area contributed by atoms with Crippen molar-refractivity contribution in [2.75, 3.05) is 20.2 Å². The van der Waals surface area contributed by atoms with Gasteiger partial charge in [0.15, 0.2) is 0 Å². The van der Waals surface area contributed by atoms with Gasteiger partial charge in [-0.25, -0.2) is 12.7 Å². The van der Waals surface area contributed by atoms with Gasteiger partial charge in [-0.3, -0.25) is 0 Å². The van der Waals surface area contributed by atoms with Crippen LogP contribution in [0.3, 0.4) is 0 Å². The summed E-state index contributed by atoms with van der Waals surface area (Å²) in [6, 6.07) is 17.5. The highest BCUT2D eigenvalue weighted by atomic mass is 32.2. The van der Waals surface area contributed by atoms with Crippen molar-refractivity contribution in [1.82, 2.24) is 4.31 Å². The molecule has 0 aromatic heterocycles. The number of fused-ring (bicyclic) bond motifs is 1. The van der Waals surface area contributed by atoms with Crippen molar-refractivity contribution in [3.05, 3.63) is 70.6 Å². The summed E-state index contributed by atoms with van der Waals surface area (Å²) in [7, 11) is -1.77. The lowest BCUT2D eigenvalue weighted by atomic mass is 9.98. The number of benzene rings is 2. The molecule has 0 heterocycles. The number of ether oxygens (including phenoxy) is 1. The van der Waals surface area contributed by atoms with E-state index in [0.29, 0.717) is 30.9 Å². The van der Waals surface area contributed by atoms with E-state index in [2.05, 4.69) is 6.07 Å². The molecule has 0 amide bonds. The molecule has 0 spiro atoms. The second kappa shape index (κ2) is 7.85. The first-order chi connectivity index (χ1) is 12.1. The Labute approximate surface area is 149 Å². The number of aryl methyl sites for hydroxylation is 1. The third-order valence-corrected chi connectivity index (χ3v) is 6.37. The second-order valence-electron chi connectivity index (χ2n) is 6.15. The highest BCUT2D eigenvalue weighted by molar-refractivity contribution is 7.93. The van der Waals surface area contributed by atoms with Gasteiger partial charge >= 0.3 is 0 Å². The number of hydrogen-bond acceptors (Lipinski definition) is 3. The van der Waals surface area contributed by atoms with Crippen LogP contribution in [0.25, 0.3) is 6.08 Å². The fourth-order valence-corrected chi connectivity index (χ4v) is 4.33. The maximum Gasteiger partial charge on any atom is 0.238 e. The van der Waals surface area contributed by atoms with Crippen LogP contribution >= 0.6 is 0 Å². The molecule has 25 heavy (non-hydrogen) atoms. The van der Waals surface area contributed by atoms with Crippen LogP contribution in [0.1, 0.15) is 24.0 Å². The molecule has 0 bridgehead atoms. The summed E-state index contributed by atoms with van der Waals surface area (Å²) in [5.74, 6) is 0.805. The van der Waals surface area contributed by atoms with Gasteiger partial charge in [0.05, 0.1) is 11.5 Å². The Hall–Kier alpha value is -2.11. The summed E-state index contributed by atoms with van der Waals surface area (Å²) in [6.07, 6.45) is 3.79. The van der Waals surface area contributed by atoms with Crippen LogP contribution in [0, 0.1) is 0 Å². The maximum atomic E-state index is 12.8. The van der Waals surface area contributed by atoms with Gasteiger partial charge < -0.3 is 4.74 Å². The first-order valence-corrected chi connectivity index (χ1v) is 9.94. The number of hydrogen-bond donors (Lipinski definition) is 0. The van der Waals surface area contributed by atoms with Crippen molar-refractivity contribution in [3.63, 3.8) is 0 Å². The highest BCUT2D eigenvalue weighted by Crippen LogP contribution is 2.28. The monoisotopic (exact) mass is 357 g/mol. The molecule has 5 heteroatoms. The Bertz CT molecular complexity index is 844. The largest absolute Gasteiger partial charge is 0.494 e. The maximum absolute atomic E-state index is 12.8. The molecule has 132 valence electrons. The average molecular weight is 357 g/mol. The lowest BCUT2D eigenvalue weighted by molar-refractivity contribution is 0.297. The summed E-state index contributed by atoms with van der Waals surface area (Å²) in [5.41, 5.74) is 2.22. The summed E-state index contributed by atoms with van der Waals surface area (Å²) >= 11 is 0. The Kier molecular flexibility index (Phi) is 5.56. The molecule has 2 aromatic carbocycles. The van der Waals surface area contributed by atoms with E-state index in [9.17, 15) is 8.42 Å². The first kappa shape index (κ1) is 17.7. The molecule has 0 saturated heterocycles. The molecule has 0 radical (unpaired) electrons. The molecule has 0 N–H and O–H groups in total. The minimum absolute atomic E-state index is 0.439. The van der Waals surface area contributed by atoms with E-state index in [4.69, 9.17) is 4.74 Å². The zero-order valence-electron chi connectivity index (χ0n) is 14.4. The van der Waals surface area contributed by atoms with E-state index < -0.39 is 10.0 Å². The molecule has 4 nitrogen and oxygen atoms in total. The van der Waals surface area contributed by atoms with Gasteiger partial charge in [-0.2, -0.15) is 0 Å². The summed E-state index contributed by atoms with van der Waals surface area (Å²) in [4.78, 5) is 0.498. The van der Waals surface area contributed by atoms with E-state index in [-0.39, 0.29) is 0 Å². The number of sulfonamides is 1. The van der Waals surface area contributed by atoms with Crippen LogP contribution < -0.4 is 4.74 Å². The van der Waals surface area contributed by atoms with E-state index in [1.54, 1.807) is 7.05 Å². The van der Waals surface area contributed by atoms with Crippen LogP contribution in [0.5, 0.6) is 5.75 Å². The number of nitrogens with zero attached hydrogens (tertiary/aromatic N) is 1. The van der Waals surface area contributed by atoms with Gasteiger partial charge in [0.25, 0.3) is 0 Å². The summed E-state index contributed by atoms with van der Waals surface area (Å²) in [6.45, 7) is 0.930. The third kappa shape index (κ3) is 4.30. The quantitative estimate of drug-likeness (QED) is 0.710. The molecule has 0 unspecified atom stereocenters. The smallest absolute Gasteiger partial charge is 0.238 e. The molecular weight excluding hydrogens is 334 g/mol. The topological polar surface area (TPSA) is 46.6 Å². The summed E-state index contributed by atoms with van der Waals surface area (Å²) in [5, 5.41) is 0. The van der Waals surface area contributed by atoms with E-state index in [1.807, 2.05) is 54.6 Å². The van der Waals surface area contributed by atoms with E-state index in [0.717, 1.165) is 17.7 Å². The van der Waals surface area contributed by atoms with Crippen LogP contribution in [0.2, 0.25) is 0 Å². The molecule has 2 aromatic rings. The fourth-order valence-electron chi connectivity index (χ4n) is 2.92. The second-order valence-corrected chi connectivity index (χ2v) is 8.25. The van der Waals surface area contributed by atoms with Crippen molar-refractivity contribution in [2.24, 2.45) is 0 Å². The Morgan fingerprint density at radius 2 is 1.72 bits per heavy atom. The molecule has 3 rings (SSSR count). The average Bonchev–Trinajstić information content (AvgIpc) is 2.65. The van der Waals surface area contributed by atoms with Crippen molar-refractivity contribution in [1.29, 1.82) is 0 Å². The molecular formula is C20H23NO3S. The number of rotatable bonds is 7. The molecule has 1 aliphatic rings. The predicted octanol–water partition coefficient (Wildman–Crippen LogP) is 3.70. The van der Waals surface area contributed by atoms with Crippen molar-refractivity contribution >= 4 is 16.1 Å². The van der Waals surface area contributed by atoms with Crippen LogP contribution in [0.15, 0.2) is 59.5 Å². The lowest BCUT2D eigenvalue weighted by Gasteiger charge is -2.22. The first-order valence-electron chi connectivity index (χ1n) is 8.50. The Morgan fingerprint density at radius 1 is 1.00 bits per heavy atom. The zero-order valence-corrected chi connectivity index (χ0v) is 15.2. The predicted molar refractivity (Wildman–Crippen MR) is 101 cm³/mol. The highest BCUT2D eigenvalue weighted by Gasteiger charge is 2.25. The molecule has 0 fully saturated rings. The third-order valence-electron chi connectivity index (χ3n) is 4.38. The lowest BCUT2D eigenvalue weighted by Crippen LogP contribution is -2.30. The van der Waals surface area contributed by atoms with Crippen LogP contribution in [-0.2, 0) is 16.4 Å². The van der Waals surface area contributed by atoms with Gasteiger partial charge in [0.2, 0.25) is 10.0 Å². The van der Waals surface area contributed by atoms with Crippen molar-refractivity contribution < 1.29 is 13.2 Å². The van der Waals surface area contributed by atoms with Gasteiger partial charge in [0.1, 0.15) is 5.75 Å². The summed E-state index contributed by atoms with van der Waals surface area (Å²) < 4.78 is 32.6. The Balaban J connectivity index is 1.58. The van der Waals surface area contributed by atoms with Gasteiger partial charge in [-0.15, -0.1) is 0 Å². The number of allylic oxidation sites excluding steroid dienone is 1. The van der Waals surface area contributed by atoms with Crippen LogP contribution in [0.4, 0.5) is 0 Å². The van der Waals surface area contributed by atoms with Crippen molar-refractivity contribution in [2.45, 2.75) is 19.3 Å². The normalized spacial score (nSPS) is 14.1. The zero-order chi connectivity index (χ0) is 17.7. The van der Waals surface area contributed by atoms with Gasteiger partial charge in [0, 0.05) is 13.6 Å². The minimum Gasteiger partial charge on any atom is -0.494 e. The molecule has 0 atom stereocenters. The molecule has 0 saturated carbocycles. The number of para-hydroxylation sites is 1. The van der Waals surface area contributed by atoms with Crippen LogP contribution in [-0.4, -0.2) is 32.9 Å². The SMILES string of the molecule is CN(CCCOc1ccccc1)S(=O)(=O)C1=Cc2ccccc2CC1. The Morgan fingerprint density at radius 3 is 2.52 bits per heavy atom. The minimum atomic E-state index is -3.41. The standard InChI is InChI=1S/C20H23NO3S/c1-21(14-7-15-24-19-10-3-2-4-11-19)25(22,23)20-13-12-17-8-5-6-9-18(17)16-20/h2-6,8-11,16H,7,12-15H2,1H3. The van der Waals surface area contributed by atoms with Crippen molar-refractivity contribution in [3.8, 4) is 5.75 Å². The molecule has 1 aliphatic carbocycles. The fraction of sp³-hybridized carbons (Fsp3) is 0.300.